The highest BCUT2D eigenvalue weighted by atomic mass is 16.4. The molecule has 1 aromatic heterocycles. The Morgan fingerprint density at radius 2 is 2.35 bits per heavy atom. The molecule has 0 aromatic carbocycles. The van der Waals surface area contributed by atoms with E-state index in [-0.39, 0.29) is 5.56 Å². The maximum atomic E-state index is 11.2. The number of nitrogens with zero attached hydrogens (tertiary/aromatic N) is 1. The average molecular weight is 237 g/mol. The van der Waals surface area contributed by atoms with Gasteiger partial charge in [-0.15, -0.1) is 0 Å². The number of carboxylic acids is 1. The predicted molar refractivity (Wildman–Crippen MR) is 62.0 cm³/mol. The molecule has 92 valence electrons. The molecule has 0 unspecified atom stereocenters. The summed E-state index contributed by atoms with van der Waals surface area (Å²) in [6, 6.07) is 1.33. The highest BCUT2D eigenvalue weighted by Gasteiger charge is 2.44. The van der Waals surface area contributed by atoms with E-state index in [1.165, 1.54) is 6.07 Å². The van der Waals surface area contributed by atoms with E-state index in [2.05, 4.69) is 15.3 Å². The number of nitrogens with one attached hydrogen (secondary N) is 2. The molecule has 0 saturated heterocycles. The number of aromatic amines is 1. The van der Waals surface area contributed by atoms with Crippen LogP contribution in [-0.2, 0) is 4.79 Å². The minimum atomic E-state index is -0.780. The summed E-state index contributed by atoms with van der Waals surface area (Å²) in [7, 11) is 0. The summed E-state index contributed by atoms with van der Waals surface area (Å²) in [5.41, 5.74) is -0.920. The van der Waals surface area contributed by atoms with Gasteiger partial charge in [-0.2, -0.15) is 0 Å². The van der Waals surface area contributed by atoms with Crippen molar-refractivity contribution in [3.8, 4) is 0 Å². The lowest BCUT2D eigenvalue weighted by atomic mass is 9.69. The molecule has 17 heavy (non-hydrogen) atoms. The molecule has 1 aliphatic carbocycles. The first kappa shape index (κ1) is 11.6. The molecule has 1 aliphatic rings. The lowest BCUT2D eigenvalue weighted by molar-refractivity contribution is -0.153. The summed E-state index contributed by atoms with van der Waals surface area (Å²) in [5.74, 6) is 0.162. The third-order valence-corrected chi connectivity index (χ3v) is 3.23. The van der Waals surface area contributed by atoms with E-state index in [1.54, 1.807) is 6.92 Å². The van der Waals surface area contributed by atoms with Gasteiger partial charge in [0, 0.05) is 12.6 Å². The van der Waals surface area contributed by atoms with Gasteiger partial charge in [-0.25, -0.2) is 4.98 Å². The first-order chi connectivity index (χ1) is 8.02. The molecular formula is C11H15N3O3. The standard InChI is InChI=1S/C11H15N3O3/c1-7-13-8(5-9(15)14-7)12-6-11(10(16)17)3-2-4-11/h5H,2-4,6H2,1H3,(H,16,17)(H2,12,13,14,15). The lowest BCUT2D eigenvalue weighted by Crippen LogP contribution is -2.43. The number of carbonyl (C=O) groups is 1. The maximum Gasteiger partial charge on any atom is 0.311 e. The number of H-pyrrole nitrogens is 1. The van der Waals surface area contributed by atoms with E-state index in [9.17, 15) is 9.59 Å². The first-order valence-electron chi connectivity index (χ1n) is 5.57. The van der Waals surface area contributed by atoms with Crippen molar-refractivity contribution in [3.63, 3.8) is 0 Å². The molecule has 0 atom stereocenters. The van der Waals surface area contributed by atoms with Crippen LogP contribution in [0.1, 0.15) is 25.1 Å². The number of rotatable bonds is 4. The fraction of sp³-hybridized carbons (Fsp3) is 0.545. The van der Waals surface area contributed by atoms with Crippen molar-refractivity contribution in [2.24, 2.45) is 5.41 Å². The molecule has 6 nitrogen and oxygen atoms in total. The Morgan fingerprint density at radius 1 is 1.65 bits per heavy atom. The summed E-state index contributed by atoms with van der Waals surface area (Å²) in [5, 5.41) is 12.1. The van der Waals surface area contributed by atoms with E-state index in [0.717, 1.165) is 6.42 Å². The normalized spacial score (nSPS) is 17.2. The number of aromatic nitrogens is 2. The van der Waals surface area contributed by atoms with Gasteiger partial charge in [0.2, 0.25) is 0 Å². The second-order valence-corrected chi connectivity index (χ2v) is 4.51. The summed E-state index contributed by atoms with van der Waals surface area (Å²) in [6.45, 7) is 2.00. The number of carboxylic acid groups (broad SMARTS) is 1. The predicted octanol–water partition coefficient (Wildman–Crippen LogP) is 0.745. The zero-order valence-corrected chi connectivity index (χ0v) is 9.62. The Kier molecular flexibility index (Phi) is 2.87. The molecule has 1 saturated carbocycles. The number of aliphatic carboxylic acids is 1. The van der Waals surface area contributed by atoms with Gasteiger partial charge in [0.15, 0.2) is 0 Å². The van der Waals surface area contributed by atoms with Gasteiger partial charge in [-0.1, -0.05) is 6.42 Å². The van der Waals surface area contributed by atoms with Crippen LogP contribution in [-0.4, -0.2) is 27.6 Å². The number of aryl methyl sites for hydroxylation is 1. The van der Waals surface area contributed by atoms with Crippen LogP contribution in [0.3, 0.4) is 0 Å². The summed E-state index contributed by atoms with van der Waals surface area (Å²) >= 11 is 0. The Labute approximate surface area is 98.1 Å². The van der Waals surface area contributed by atoms with Crippen molar-refractivity contribution in [3.05, 3.63) is 22.2 Å². The second kappa shape index (κ2) is 4.20. The van der Waals surface area contributed by atoms with Crippen molar-refractivity contribution in [2.75, 3.05) is 11.9 Å². The Morgan fingerprint density at radius 3 is 2.82 bits per heavy atom. The van der Waals surface area contributed by atoms with Gasteiger partial charge in [-0.05, 0) is 19.8 Å². The first-order valence-corrected chi connectivity index (χ1v) is 5.57. The third-order valence-electron chi connectivity index (χ3n) is 3.23. The van der Waals surface area contributed by atoms with E-state index < -0.39 is 11.4 Å². The van der Waals surface area contributed by atoms with Gasteiger partial charge in [0.25, 0.3) is 5.56 Å². The number of anilines is 1. The Bertz CT molecular complexity index is 491. The molecular weight excluding hydrogens is 222 g/mol. The van der Waals surface area contributed by atoms with Crippen molar-refractivity contribution >= 4 is 11.8 Å². The van der Waals surface area contributed by atoms with Crippen LogP contribution in [0.15, 0.2) is 10.9 Å². The van der Waals surface area contributed by atoms with Crippen LogP contribution in [0, 0.1) is 12.3 Å². The fourth-order valence-electron chi connectivity index (χ4n) is 2.00. The van der Waals surface area contributed by atoms with Crippen molar-refractivity contribution in [1.29, 1.82) is 0 Å². The molecule has 3 N–H and O–H groups in total. The number of hydrogen-bond donors (Lipinski definition) is 3. The van der Waals surface area contributed by atoms with E-state index in [1.807, 2.05) is 0 Å². The van der Waals surface area contributed by atoms with Gasteiger partial charge < -0.3 is 15.4 Å². The minimum Gasteiger partial charge on any atom is -0.481 e. The smallest absolute Gasteiger partial charge is 0.311 e. The SMILES string of the molecule is Cc1nc(NCC2(C(=O)O)CCC2)cc(=O)[nH]1. The van der Waals surface area contributed by atoms with E-state index >= 15 is 0 Å². The summed E-state index contributed by atoms with van der Waals surface area (Å²) in [6.07, 6.45) is 2.30. The molecule has 2 rings (SSSR count). The second-order valence-electron chi connectivity index (χ2n) is 4.51. The molecule has 1 heterocycles. The zero-order valence-electron chi connectivity index (χ0n) is 9.62. The summed E-state index contributed by atoms with van der Waals surface area (Å²) < 4.78 is 0. The molecule has 0 bridgehead atoms. The van der Waals surface area contributed by atoms with Crippen LogP contribution in [0.4, 0.5) is 5.82 Å². The number of hydrogen-bond acceptors (Lipinski definition) is 4. The van der Waals surface area contributed by atoms with Gasteiger partial charge in [-0.3, -0.25) is 9.59 Å². The maximum absolute atomic E-state index is 11.2. The van der Waals surface area contributed by atoms with Crippen molar-refractivity contribution < 1.29 is 9.90 Å². The van der Waals surface area contributed by atoms with Gasteiger partial charge >= 0.3 is 5.97 Å². The monoisotopic (exact) mass is 237 g/mol. The molecule has 1 fully saturated rings. The third kappa shape index (κ3) is 2.30. The fourth-order valence-corrected chi connectivity index (χ4v) is 2.00. The molecule has 0 aliphatic heterocycles. The quantitative estimate of drug-likeness (QED) is 0.718. The van der Waals surface area contributed by atoms with Crippen molar-refractivity contribution in [1.82, 2.24) is 9.97 Å². The molecule has 6 heteroatoms. The average Bonchev–Trinajstić information content (AvgIpc) is 2.13. The largest absolute Gasteiger partial charge is 0.481 e. The van der Waals surface area contributed by atoms with Crippen LogP contribution in [0.5, 0.6) is 0 Å². The summed E-state index contributed by atoms with van der Waals surface area (Å²) in [4.78, 5) is 29.0. The van der Waals surface area contributed by atoms with Crippen molar-refractivity contribution in [2.45, 2.75) is 26.2 Å². The highest BCUT2D eigenvalue weighted by Crippen LogP contribution is 2.41. The topological polar surface area (TPSA) is 95.1 Å². The van der Waals surface area contributed by atoms with Crippen LogP contribution >= 0.6 is 0 Å². The lowest BCUT2D eigenvalue weighted by Gasteiger charge is -2.37. The van der Waals surface area contributed by atoms with Crippen LogP contribution in [0.2, 0.25) is 0 Å². The molecule has 0 amide bonds. The van der Waals surface area contributed by atoms with E-state index in [4.69, 9.17) is 5.11 Å². The molecule has 1 aromatic rings. The Balaban J connectivity index is 2.07. The molecule has 0 spiro atoms. The van der Waals surface area contributed by atoms with Crippen LogP contribution < -0.4 is 10.9 Å². The van der Waals surface area contributed by atoms with Crippen LogP contribution in [0.25, 0.3) is 0 Å². The highest BCUT2D eigenvalue weighted by molar-refractivity contribution is 5.76. The van der Waals surface area contributed by atoms with Gasteiger partial charge in [0.05, 0.1) is 5.41 Å². The minimum absolute atomic E-state index is 0.238. The van der Waals surface area contributed by atoms with E-state index in [0.29, 0.717) is 31.0 Å². The Hall–Kier alpha value is -1.85. The molecule has 0 radical (unpaired) electrons. The van der Waals surface area contributed by atoms with Gasteiger partial charge in [0.1, 0.15) is 11.6 Å². The zero-order chi connectivity index (χ0) is 12.5.